The van der Waals surface area contributed by atoms with E-state index in [4.69, 9.17) is 10.5 Å². The second kappa shape index (κ2) is 5.56. The van der Waals surface area contributed by atoms with Crippen LogP contribution < -0.4 is 10.5 Å². The maximum atomic E-state index is 5.65. The molecule has 0 saturated heterocycles. The molecule has 0 heterocycles. The van der Waals surface area contributed by atoms with Gasteiger partial charge in [-0.05, 0) is 19.9 Å². The van der Waals surface area contributed by atoms with E-state index in [1.807, 2.05) is 19.1 Å². The number of benzene rings is 1. The molecule has 1 rings (SSSR count). The molecule has 82 valence electrons. The second-order valence-electron chi connectivity index (χ2n) is 3.87. The van der Waals surface area contributed by atoms with E-state index in [9.17, 15) is 0 Å². The van der Waals surface area contributed by atoms with Crippen LogP contribution >= 0.6 is 0 Å². The topological polar surface area (TPSA) is 35.2 Å². The van der Waals surface area contributed by atoms with Crippen LogP contribution in [0.1, 0.15) is 24.5 Å². The first-order chi connectivity index (χ1) is 7.13. The van der Waals surface area contributed by atoms with E-state index in [1.165, 1.54) is 5.56 Å². The summed E-state index contributed by atoms with van der Waals surface area (Å²) < 4.78 is 5.65. The Kier molecular flexibility index (Phi) is 4.37. The molecule has 1 aromatic rings. The van der Waals surface area contributed by atoms with Gasteiger partial charge in [0.05, 0.1) is 6.61 Å². The Bertz CT molecular complexity index is 344. The number of hydrogen-bond donors (Lipinski definition) is 1. The Morgan fingerprint density at radius 3 is 2.80 bits per heavy atom. The molecule has 0 aliphatic heterocycles. The largest absolute Gasteiger partial charge is 0.493 e. The van der Waals surface area contributed by atoms with Gasteiger partial charge in [0.2, 0.25) is 0 Å². The third-order valence-corrected chi connectivity index (χ3v) is 2.22. The molecule has 0 atom stereocenters. The number of ether oxygens (including phenoxy) is 1. The van der Waals surface area contributed by atoms with Crippen molar-refractivity contribution in [3.05, 3.63) is 41.5 Å². The molecule has 0 unspecified atom stereocenters. The summed E-state index contributed by atoms with van der Waals surface area (Å²) >= 11 is 0. The first-order valence-electron chi connectivity index (χ1n) is 5.20. The highest BCUT2D eigenvalue weighted by Gasteiger charge is 2.01. The van der Waals surface area contributed by atoms with Gasteiger partial charge in [-0.3, -0.25) is 0 Å². The molecular formula is C13H19NO. The van der Waals surface area contributed by atoms with Crippen LogP contribution in [0, 0.1) is 6.92 Å². The van der Waals surface area contributed by atoms with Gasteiger partial charge in [0.15, 0.2) is 0 Å². The zero-order valence-corrected chi connectivity index (χ0v) is 9.55. The Morgan fingerprint density at radius 1 is 1.47 bits per heavy atom. The van der Waals surface area contributed by atoms with Crippen molar-refractivity contribution in [1.29, 1.82) is 0 Å². The number of nitrogens with two attached hydrogens (primary N) is 1. The van der Waals surface area contributed by atoms with Crippen molar-refractivity contribution in [1.82, 2.24) is 0 Å². The molecule has 0 aliphatic carbocycles. The van der Waals surface area contributed by atoms with Crippen molar-refractivity contribution in [2.45, 2.75) is 26.8 Å². The summed E-state index contributed by atoms with van der Waals surface area (Å²) in [5.74, 6) is 0.893. The van der Waals surface area contributed by atoms with E-state index in [2.05, 4.69) is 19.6 Å². The summed E-state index contributed by atoms with van der Waals surface area (Å²) in [7, 11) is 0. The molecule has 0 aromatic heterocycles. The van der Waals surface area contributed by atoms with Crippen molar-refractivity contribution < 1.29 is 4.74 Å². The molecule has 1 aromatic carbocycles. The molecule has 0 spiro atoms. The van der Waals surface area contributed by atoms with Gasteiger partial charge < -0.3 is 10.5 Å². The molecule has 2 nitrogen and oxygen atoms in total. The minimum absolute atomic E-state index is 0.518. The zero-order chi connectivity index (χ0) is 11.3. The van der Waals surface area contributed by atoms with Crippen molar-refractivity contribution in [2.24, 2.45) is 5.73 Å². The Hall–Kier alpha value is -1.28. The lowest BCUT2D eigenvalue weighted by molar-refractivity contribution is 0.318. The average molecular weight is 205 g/mol. The molecule has 0 fully saturated rings. The molecular weight excluding hydrogens is 186 g/mol. The maximum absolute atomic E-state index is 5.65. The highest BCUT2D eigenvalue weighted by molar-refractivity contribution is 5.36. The van der Waals surface area contributed by atoms with Crippen molar-refractivity contribution >= 4 is 0 Å². The third kappa shape index (κ3) is 3.76. The van der Waals surface area contributed by atoms with Crippen LogP contribution in [0.2, 0.25) is 0 Å². The Balaban J connectivity index is 2.63. The standard InChI is InChI=1S/C13H19NO/c1-10(2)6-7-15-13-5-4-11(3)8-12(13)9-14/h4-5,8H,1,6-7,9,14H2,2-3H3. The quantitative estimate of drug-likeness (QED) is 0.750. The smallest absolute Gasteiger partial charge is 0.123 e. The lowest BCUT2D eigenvalue weighted by Gasteiger charge is -2.10. The Morgan fingerprint density at radius 2 is 2.20 bits per heavy atom. The predicted molar refractivity (Wildman–Crippen MR) is 64.0 cm³/mol. The normalized spacial score (nSPS) is 10.1. The van der Waals surface area contributed by atoms with Crippen LogP contribution in [0.3, 0.4) is 0 Å². The monoisotopic (exact) mass is 205 g/mol. The SMILES string of the molecule is C=C(C)CCOc1ccc(C)cc1CN. The fourth-order valence-corrected chi connectivity index (χ4v) is 1.34. The summed E-state index contributed by atoms with van der Waals surface area (Å²) in [4.78, 5) is 0. The fourth-order valence-electron chi connectivity index (χ4n) is 1.34. The van der Waals surface area contributed by atoms with Gasteiger partial charge in [-0.2, -0.15) is 0 Å². The van der Waals surface area contributed by atoms with Crippen molar-refractivity contribution in [2.75, 3.05) is 6.61 Å². The second-order valence-corrected chi connectivity index (χ2v) is 3.87. The van der Waals surface area contributed by atoms with Gasteiger partial charge in [0, 0.05) is 18.5 Å². The lowest BCUT2D eigenvalue weighted by atomic mass is 10.1. The van der Waals surface area contributed by atoms with Gasteiger partial charge in [-0.25, -0.2) is 0 Å². The van der Waals surface area contributed by atoms with Crippen LogP contribution in [0.25, 0.3) is 0 Å². The van der Waals surface area contributed by atoms with E-state index in [0.29, 0.717) is 13.2 Å². The van der Waals surface area contributed by atoms with Crippen LogP contribution in [0.4, 0.5) is 0 Å². The molecule has 15 heavy (non-hydrogen) atoms. The predicted octanol–water partition coefficient (Wildman–Crippen LogP) is 2.80. The molecule has 2 heteroatoms. The lowest BCUT2D eigenvalue weighted by Crippen LogP contribution is -2.04. The molecule has 0 radical (unpaired) electrons. The molecule has 0 amide bonds. The van der Waals surface area contributed by atoms with E-state index in [0.717, 1.165) is 23.3 Å². The van der Waals surface area contributed by atoms with Gasteiger partial charge in [-0.1, -0.05) is 23.3 Å². The first-order valence-corrected chi connectivity index (χ1v) is 5.20. The van der Waals surface area contributed by atoms with Gasteiger partial charge in [0.25, 0.3) is 0 Å². The van der Waals surface area contributed by atoms with E-state index in [1.54, 1.807) is 0 Å². The van der Waals surface area contributed by atoms with Crippen LogP contribution in [0.15, 0.2) is 30.4 Å². The molecule has 0 bridgehead atoms. The minimum Gasteiger partial charge on any atom is -0.493 e. The number of hydrogen-bond acceptors (Lipinski definition) is 2. The highest BCUT2D eigenvalue weighted by atomic mass is 16.5. The fraction of sp³-hybridized carbons (Fsp3) is 0.385. The zero-order valence-electron chi connectivity index (χ0n) is 9.55. The highest BCUT2D eigenvalue weighted by Crippen LogP contribution is 2.19. The van der Waals surface area contributed by atoms with Crippen molar-refractivity contribution in [3.63, 3.8) is 0 Å². The molecule has 0 saturated carbocycles. The summed E-state index contributed by atoms with van der Waals surface area (Å²) in [6, 6.07) is 6.08. The molecule has 0 aliphatic rings. The van der Waals surface area contributed by atoms with Crippen LogP contribution in [0.5, 0.6) is 5.75 Å². The maximum Gasteiger partial charge on any atom is 0.123 e. The third-order valence-electron chi connectivity index (χ3n) is 2.22. The average Bonchev–Trinajstić information content (AvgIpc) is 2.19. The summed E-state index contributed by atoms with van der Waals surface area (Å²) in [6.07, 6.45) is 0.887. The number of rotatable bonds is 5. The van der Waals surface area contributed by atoms with E-state index in [-0.39, 0.29) is 0 Å². The minimum atomic E-state index is 0.518. The first kappa shape index (κ1) is 11.8. The van der Waals surface area contributed by atoms with E-state index < -0.39 is 0 Å². The van der Waals surface area contributed by atoms with Crippen molar-refractivity contribution in [3.8, 4) is 5.75 Å². The Labute approximate surface area is 91.7 Å². The van der Waals surface area contributed by atoms with Crippen LogP contribution in [-0.2, 0) is 6.54 Å². The number of aryl methyl sites for hydroxylation is 1. The van der Waals surface area contributed by atoms with Gasteiger partial charge in [0.1, 0.15) is 5.75 Å². The van der Waals surface area contributed by atoms with Gasteiger partial charge in [-0.15, -0.1) is 6.58 Å². The van der Waals surface area contributed by atoms with E-state index >= 15 is 0 Å². The summed E-state index contributed by atoms with van der Waals surface area (Å²) in [5, 5.41) is 0. The summed E-state index contributed by atoms with van der Waals surface area (Å²) in [5.41, 5.74) is 9.07. The van der Waals surface area contributed by atoms with Crippen LogP contribution in [-0.4, -0.2) is 6.61 Å². The molecule has 2 N–H and O–H groups in total. The summed E-state index contributed by atoms with van der Waals surface area (Å²) in [6.45, 7) is 9.08. The van der Waals surface area contributed by atoms with Gasteiger partial charge >= 0.3 is 0 Å².